The van der Waals surface area contributed by atoms with E-state index in [-0.39, 0.29) is 12.5 Å². The highest BCUT2D eigenvalue weighted by Crippen LogP contribution is 2.15. The highest BCUT2D eigenvalue weighted by molar-refractivity contribution is 9.10. The van der Waals surface area contributed by atoms with Crippen molar-refractivity contribution in [3.8, 4) is 0 Å². The Bertz CT molecular complexity index is 748. The average molecular weight is 439 g/mol. The quantitative estimate of drug-likeness (QED) is 0.556. The molecule has 0 atom stereocenters. The summed E-state index contributed by atoms with van der Waals surface area (Å²) in [5, 5.41) is 6.38. The van der Waals surface area contributed by atoms with Gasteiger partial charge in [-0.05, 0) is 45.8 Å². The van der Waals surface area contributed by atoms with E-state index in [2.05, 4.69) is 47.7 Å². The van der Waals surface area contributed by atoms with E-state index in [0.29, 0.717) is 10.0 Å². The molecule has 2 aromatic carbocycles. The van der Waals surface area contributed by atoms with E-state index < -0.39 is 5.91 Å². The topological polar surface area (TPSA) is 70.6 Å². The maximum atomic E-state index is 11.9. The van der Waals surface area contributed by atoms with Gasteiger partial charge in [-0.15, -0.1) is 0 Å². The monoisotopic (exact) mass is 437 g/mol. The van der Waals surface area contributed by atoms with Crippen LogP contribution in [0.2, 0.25) is 0 Å². The van der Waals surface area contributed by atoms with E-state index in [9.17, 15) is 9.59 Å². The lowest BCUT2D eigenvalue weighted by Crippen LogP contribution is -2.35. The normalized spacial score (nSPS) is 10.5. The number of nitrogens with one attached hydrogen (secondary N) is 2. The maximum Gasteiger partial charge on any atom is 0.259 e. The summed E-state index contributed by atoms with van der Waals surface area (Å²) in [4.78, 5) is 23.6. The van der Waals surface area contributed by atoms with Gasteiger partial charge in [-0.25, -0.2) is 5.43 Å². The largest absolute Gasteiger partial charge is 0.343 e. The molecule has 7 heteroatoms. The summed E-state index contributed by atoms with van der Waals surface area (Å²) in [6, 6.07) is 14.5. The van der Waals surface area contributed by atoms with Gasteiger partial charge in [0.1, 0.15) is 0 Å². The molecular weight excluding hydrogens is 426 g/mol. The summed E-state index contributed by atoms with van der Waals surface area (Å²) in [6.07, 6.45) is 1.53. The zero-order valence-corrected chi connectivity index (χ0v) is 15.1. The van der Waals surface area contributed by atoms with Crippen molar-refractivity contribution in [2.24, 2.45) is 5.10 Å². The first kappa shape index (κ1) is 17.4. The van der Waals surface area contributed by atoms with E-state index in [0.717, 1.165) is 10.0 Å². The second-order valence-corrected chi connectivity index (χ2v) is 6.28. The minimum absolute atomic E-state index is 0.157. The Balaban J connectivity index is 1.81. The van der Waals surface area contributed by atoms with Gasteiger partial charge in [-0.3, -0.25) is 9.59 Å². The van der Waals surface area contributed by atoms with Crippen LogP contribution in [-0.2, 0) is 4.79 Å². The number of hydrazone groups is 1. The number of rotatable bonds is 5. The van der Waals surface area contributed by atoms with Crippen LogP contribution < -0.4 is 10.7 Å². The van der Waals surface area contributed by atoms with Crippen LogP contribution >= 0.6 is 31.9 Å². The van der Waals surface area contributed by atoms with Gasteiger partial charge < -0.3 is 5.32 Å². The fourth-order valence-electron chi connectivity index (χ4n) is 1.71. The lowest BCUT2D eigenvalue weighted by atomic mass is 10.2. The molecule has 2 amide bonds. The molecule has 0 bridgehead atoms. The van der Waals surface area contributed by atoms with Crippen LogP contribution in [0.4, 0.5) is 0 Å². The fraction of sp³-hybridized carbons (Fsp3) is 0.0625. The number of amides is 2. The molecule has 118 valence electrons. The molecule has 5 nitrogen and oxygen atoms in total. The molecular formula is C16H13Br2N3O2. The first-order valence-electron chi connectivity index (χ1n) is 6.66. The highest BCUT2D eigenvalue weighted by Gasteiger charge is 2.10. The number of hydrogen-bond acceptors (Lipinski definition) is 3. The van der Waals surface area contributed by atoms with Crippen LogP contribution in [0, 0.1) is 0 Å². The van der Waals surface area contributed by atoms with E-state index >= 15 is 0 Å². The Kier molecular flexibility index (Phi) is 6.49. The van der Waals surface area contributed by atoms with Crippen LogP contribution in [0.1, 0.15) is 15.9 Å². The molecule has 0 aromatic heterocycles. The molecule has 0 heterocycles. The maximum absolute atomic E-state index is 11.9. The fourth-order valence-corrected chi connectivity index (χ4v) is 2.59. The zero-order chi connectivity index (χ0) is 16.7. The zero-order valence-electron chi connectivity index (χ0n) is 11.9. The third-order valence-electron chi connectivity index (χ3n) is 2.78. The number of nitrogens with zero attached hydrogens (tertiary/aromatic N) is 1. The molecule has 0 spiro atoms. The number of halogens is 2. The van der Waals surface area contributed by atoms with Crippen LogP contribution in [0.3, 0.4) is 0 Å². The predicted octanol–water partition coefficient (Wildman–Crippen LogP) is 3.09. The Morgan fingerprint density at radius 2 is 1.87 bits per heavy atom. The van der Waals surface area contributed by atoms with Gasteiger partial charge in [0.2, 0.25) is 0 Å². The molecule has 0 fully saturated rings. The summed E-state index contributed by atoms with van der Waals surface area (Å²) in [6.45, 7) is -0.157. The molecule has 23 heavy (non-hydrogen) atoms. The van der Waals surface area contributed by atoms with Gasteiger partial charge in [0.25, 0.3) is 11.8 Å². The van der Waals surface area contributed by atoms with E-state index in [4.69, 9.17) is 0 Å². The summed E-state index contributed by atoms with van der Waals surface area (Å²) in [5.41, 5.74) is 3.68. The van der Waals surface area contributed by atoms with Crippen LogP contribution in [0.25, 0.3) is 0 Å². The standard InChI is InChI=1S/C16H13Br2N3O2/c17-12-5-3-4-11(8-12)9-20-21-15(22)10-19-16(23)13-6-1-2-7-14(13)18/h1-9H,10H2,(H,19,23)(H,21,22)/b20-9+. The minimum atomic E-state index is -0.406. The van der Waals surface area contributed by atoms with Crippen molar-refractivity contribution in [2.45, 2.75) is 0 Å². The number of hydrogen-bond donors (Lipinski definition) is 2. The summed E-state index contributed by atoms with van der Waals surface area (Å²) < 4.78 is 1.60. The van der Waals surface area contributed by atoms with Crippen molar-refractivity contribution in [3.05, 3.63) is 68.6 Å². The highest BCUT2D eigenvalue weighted by atomic mass is 79.9. The van der Waals surface area contributed by atoms with Gasteiger partial charge >= 0.3 is 0 Å². The molecule has 0 saturated carbocycles. The third-order valence-corrected chi connectivity index (χ3v) is 3.96. The Labute approximate surface area is 150 Å². The van der Waals surface area contributed by atoms with Gasteiger partial charge in [-0.2, -0.15) is 5.10 Å². The van der Waals surface area contributed by atoms with Gasteiger partial charge in [0.15, 0.2) is 0 Å². The molecule has 0 unspecified atom stereocenters. The van der Waals surface area contributed by atoms with Crippen molar-refractivity contribution in [1.29, 1.82) is 0 Å². The molecule has 0 radical (unpaired) electrons. The third kappa shape index (κ3) is 5.61. The SMILES string of the molecule is O=C(CNC(=O)c1ccccc1Br)N/N=C/c1cccc(Br)c1. The molecule has 0 aliphatic carbocycles. The second-order valence-electron chi connectivity index (χ2n) is 4.51. The van der Waals surface area contributed by atoms with Crippen LogP contribution in [0.15, 0.2) is 62.6 Å². The molecule has 2 rings (SSSR count). The smallest absolute Gasteiger partial charge is 0.259 e. The molecule has 2 aromatic rings. The van der Waals surface area contributed by atoms with Gasteiger partial charge in [0.05, 0.1) is 18.3 Å². The Morgan fingerprint density at radius 3 is 2.61 bits per heavy atom. The van der Waals surface area contributed by atoms with Crippen molar-refractivity contribution < 1.29 is 9.59 Å². The second kappa shape index (κ2) is 8.59. The van der Waals surface area contributed by atoms with E-state index in [1.165, 1.54) is 6.21 Å². The summed E-state index contributed by atoms with van der Waals surface area (Å²) in [5.74, 6) is -0.736. The minimum Gasteiger partial charge on any atom is -0.343 e. The molecule has 0 saturated heterocycles. The first-order chi connectivity index (χ1) is 11.1. The molecule has 0 aliphatic rings. The number of carbonyl (C=O) groups is 2. The molecule has 2 N–H and O–H groups in total. The van der Waals surface area contributed by atoms with Crippen molar-refractivity contribution in [3.63, 3.8) is 0 Å². The number of carbonyl (C=O) groups excluding carboxylic acids is 2. The van der Waals surface area contributed by atoms with E-state index in [1.54, 1.807) is 18.2 Å². The van der Waals surface area contributed by atoms with Crippen molar-refractivity contribution in [2.75, 3.05) is 6.54 Å². The van der Waals surface area contributed by atoms with E-state index in [1.807, 2.05) is 30.3 Å². The lowest BCUT2D eigenvalue weighted by Gasteiger charge is -2.05. The number of benzene rings is 2. The van der Waals surface area contributed by atoms with Crippen molar-refractivity contribution in [1.82, 2.24) is 10.7 Å². The summed E-state index contributed by atoms with van der Waals surface area (Å²) in [7, 11) is 0. The van der Waals surface area contributed by atoms with Gasteiger partial charge in [-0.1, -0.05) is 40.2 Å². The Hall–Kier alpha value is -1.99. The lowest BCUT2D eigenvalue weighted by molar-refractivity contribution is -0.120. The average Bonchev–Trinajstić information content (AvgIpc) is 2.53. The van der Waals surface area contributed by atoms with Crippen molar-refractivity contribution >= 4 is 49.9 Å². The van der Waals surface area contributed by atoms with Crippen LogP contribution in [-0.4, -0.2) is 24.6 Å². The first-order valence-corrected chi connectivity index (χ1v) is 8.25. The Morgan fingerprint density at radius 1 is 1.09 bits per heavy atom. The molecule has 0 aliphatic heterocycles. The predicted molar refractivity (Wildman–Crippen MR) is 96.4 cm³/mol. The van der Waals surface area contributed by atoms with Crippen LogP contribution in [0.5, 0.6) is 0 Å². The summed E-state index contributed by atoms with van der Waals surface area (Å²) >= 11 is 6.64. The van der Waals surface area contributed by atoms with Gasteiger partial charge in [0, 0.05) is 8.95 Å².